The van der Waals surface area contributed by atoms with Gasteiger partial charge in [-0.2, -0.15) is 5.10 Å². The lowest BCUT2D eigenvalue weighted by Crippen LogP contribution is -2.63. The summed E-state index contributed by atoms with van der Waals surface area (Å²) in [6.45, 7) is 14.1. The van der Waals surface area contributed by atoms with E-state index in [1.807, 2.05) is 30.6 Å². The molecule has 37 heavy (non-hydrogen) atoms. The van der Waals surface area contributed by atoms with Gasteiger partial charge in [-0.25, -0.2) is 9.18 Å². The van der Waals surface area contributed by atoms with E-state index in [-0.39, 0.29) is 24.7 Å². The Morgan fingerprint density at radius 3 is 2.70 bits per heavy atom. The number of aromatic nitrogens is 2. The number of aromatic amines is 1. The van der Waals surface area contributed by atoms with Crippen LogP contribution >= 0.6 is 0 Å². The van der Waals surface area contributed by atoms with Crippen molar-refractivity contribution in [3.05, 3.63) is 29.0 Å². The number of amides is 2. The van der Waals surface area contributed by atoms with Crippen LogP contribution < -0.4 is 16.4 Å². The number of piperazine rings is 1. The van der Waals surface area contributed by atoms with Gasteiger partial charge in [-0.15, -0.1) is 0 Å². The van der Waals surface area contributed by atoms with Crippen molar-refractivity contribution < 1.29 is 13.9 Å². The molecule has 0 radical (unpaired) electrons. The second-order valence-electron chi connectivity index (χ2n) is 11.1. The predicted molar refractivity (Wildman–Crippen MR) is 138 cm³/mol. The lowest BCUT2D eigenvalue weighted by atomic mass is 9.96. The molecule has 1 aromatic heterocycles. The number of aliphatic imine (C=N–C) groups is 1. The molecule has 0 aliphatic carbocycles. The number of rotatable bonds is 3. The molecule has 1 aromatic rings. The van der Waals surface area contributed by atoms with Gasteiger partial charge >= 0.3 is 6.03 Å². The van der Waals surface area contributed by atoms with E-state index < -0.39 is 17.0 Å². The van der Waals surface area contributed by atoms with Crippen LogP contribution in [0.2, 0.25) is 0 Å². The average Bonchev–Trinajstić information content (AvgIpc) is 3.42. The van der Waals surface area contributed by atoms with Crippen molar-refractivity contribution in [3.8, 4) is 0 Å². The highest BCUT2D eigenvalue weighted by Crippen LogP contribution is 2.43. The highest BCUT2D eigenvalue weighted by molar-refractivity contribution is 5.83. The van der Waals surface area contributed by atoms with Crippen LogP contribution in [0.15, 0.2) is 17.0 Å². The van der Waals surface area contributed by atoms with E-state index in [1.165, 1.54) is 6.20 Å². The van der Waals surface area contributed by atoms with Gasteiger partial charge in [-0.1, -0.05) is 0 Å². The smallest absolute Gasteiger partial charge is 0.321 e. The maximum absolute atomic E-state index is 15.1. The van der Waals surface area contributed by atoms with Crippen molar-refractivity contribution in [3.63, 3.8) is 0 Å². The fraction of sp³-hybridized carbons (Fsp3) is 0.720. The highest BCUT2D eigenvalue weighted by atomic mass is 19.1. The molecule has 204 valence electrons. The van der Waals surface area contributed by atoms with Gasteiger partial charge < -0.3 is 25.2 Å². The first kappa shape index (κ1) is 25.9. The molecule has 2 saturated heterocycles. The lowest BCUT2D eigenvalue weighted by Gasteiger charge is -2.49. The highest BCUT2D eigenvalue weighted by Gasteiger charge is 2.51. The molecule has 0 saturated carbocycles. The molecule has 2 amide bonds. The number of H-pyrrole nitrogens is 1. The number of nitrogens with two attached hydrogens (primary N) is 1. The number of hydrogen-bond acceptors (Lipinski definition) is 6. The Labute approximate surface area is 217 Å². The summed E-state index contributed by atoms with van der Waals surface area (Å²) < 4.78 is 20.7. The fourth-order valence-corrected chi connectivity index (χ4v) is 6.19. The number of halogens is 1. The minimum absolute atomic E-state index is 0.0277. The second kappa shape index (κ2) is 9.55. The zero-order valence-electron chi connectivity index (χ0n) is 22.5. The monoisotopic (exact) mass is 517 g/mol. The van der Waals surface area contributed by atoms with Crippen LogP contribution in [0.1, 0.15) is 64.4 Å². The SMILES string of the molecule is CCN=C1NC=C(F)C(N)(c2n[nH]c3c2CN(C(=O)N2C[C@@H](C)N(C4CCOCC4)C[C@@H]2C)C3(C)C)N1. The first-order chi connectivity index (χ1) is 17.6. The molecular weight excluding hydrogens is 477 g/mol. The first-order valence-electron chi connectivity index (χ1n) is 13.3. The number of urea groups is 1. The van der Waals surface area contributed by atoms with E-state index in [1.54, 1.807) is 0 Å². The zero-order chi connectivity index (χ0) is 26.5. The topological polar surface area (TPSA) is 127 Å². The van der Waals surface area contributed by atoms with Crippen molar-refractivity contribution in [2.45, 2.75) is 83.3 Å². The number of carbonyl (C=O) groups excluding carboxylic acids is 1. The molecule has 3 atom stereocenters. The number of ether oxygens (including phenoxy) is 1. The van der Waals surface area contributed by atoms with Crippen molar-refractivity contribution >= 4 is 12.0 Å². The number of nitrogens with zero attached hydrogens (tertiary/aromatic N) is 5. The summed E-state index contributed by atoms with van der Waals surface area (Å²) in [4.78, 5) is 24.7. The maximum atomic E-state index is 15.1. The molecule has 4 aliphatic rings. The molecule has 0 spiro atoms. The van der Waals surface area contributed by atoms with E-state index in [9.17, 15) is 4.79 Å². The fourth-order valence-electron chi connectivity index (χ4n) is 6.19. The molecule has 0 aromatic carbocycles. The van der Waals surface area contributed by atoms with Gasteiger partial charge in [0.15, 0.2) is 17.4 Å². The van der Waals surface area contributed by atoms with E-state index in [0.717, 1.165) is 43.9 Å². The predicted octanol–water partition coefficient (Wildman–Crippen LogP) is 1.65. The summed E-state index contributed by atoms with van der Waals surface area (Å²) in [5.74, 6) is -0.232. The number of nitrogens with one attached hydrogen (secondary N) is 3. The standard InChI is InChI=1S/C25H40FN9O2/c1-6-28-22-29-11-19(26)25(27,30-22)21-18-14-35(24(4,5)20(18)31-32-21)23(36)34-13-15(2)33(12-16(34)3)17-7-9-37-10-8-17/h11,15-17H,6-10,12-14,27H2,1-5H3,(H,31,32)(H2,28,29,30)/t15-,16+,25?/m1/s1. The third-order valence-corrected chi connectivity index (χ3v) is 8.36. The van der Waals surface area contributed by atoms with Crippen LogP contribution in [0.5, 0.6) is 0 Å². The van der Waals surface area contributed by atoms with Crippen LogP contribution in [0, 0.1) is 0 Å². The Kier molecular flexibility index (Phi) is 6.70. The molecule has 5 N–H and O–H groups in total. The number of hydrogen-bond donors (Lipinski definition) is 4. The van der Waals surface area contributed by atoms with Gasteiger partial charge in [0.25, 0.3) is 0 Å². The molecule has 0 bridgehead atoms. The summed E-state index contributed by atoms with van der Waals surface area (Å²) >= 11 is 0. The van der Waals surface area contributed by atoms with Crippen LogP contribution in [-0.4, -0.2) is 87.9 Å². The van der Waals surface area contributed by atoms with E-state index in [4.69, 9.17) is 10.5 Å². The Balaban J connectivity index is 1.37. The number of carbonyl (C=O) groups is 1. The second-order valence-corrected chi connectivity index (χ2v) is 11.1. The van der Waals surface area contributed by atoms with Gasteiger partial charge in [-0.05, 0) is 47.5 Å². The molecule has 1 unspecified atom stereocenters. The van der Waals surface area contributed by atoms with Gasteiger partial charge in [-0.3, -0.25) is 20.7 Å². The first-order valence-corrected chi connectivity index (χ1v) is 13.3. The normalized spacial score (nSPS) is 31.6. The van der Waals surface area contributed by atoms with Crippen molar-refractivity contribution in [2.75, 3.05) is 32.8 Å². The van der Waals surface area contributed by atoms with E-state index in [0.29, 0.717) is 30.8 Å². The number of guanidine groups is 1. The summed E-state index contributed by atoms with van der Waals surface area (Å²) in [5, 5.41) is 13.2. The van der Waals surface area contributed by atoms with Crippen LogP contribution in [0.25, 0.3) is 0 Å². The molecule has 11 nitrogen and oxygen atoms in total. The summed E-state index contributed by atoms with van der Waals surface area (Å²) in [5.41, 5.74) is 6.04. The van der Waals surface area contributed by atoms with Crippen molar-refractivity contribution in [1.82, 2.24) is 35.5 Å². The molecule has 2 fully saturated rings. The molecular formula is C25H40FN9O2. The largest absolute Gasteiger partial charge is 0.381 e. The maximum Gasteiger partial charge on any atom is 0.321 e. The zero-order valence-corrected chi connectivity index (χ0v) is 22.5. The van der Waals surface area contributed by atoms with Gasteiger partial charge in [0.1, 0.15) is 5.69 Å². The quantitative estimate of drug-likeness (QED) is 0.480. The minimum Gasteiger partial charge on any atom is -0.381 e. The van der Waals surface area contributed by atoms with Gasteiger partial charge in [0, 0.05) is 62.7 Å². The molecule has 12 heteroatoms. The Bertz CT molecular complexity index is 1100. The average molecular weight is 518 g/mol. The Hall–Kier alpha value is -2.70. The lowest BCUT2D eigenvalue weighted by molar-refractivity contribution is -0.0237. The van der Waals surface area contributed by atoms with Gasteiger partial charge in [0.2, 0.25) is 0 Å². The van der Waals surface area contributed by atoms with E-state index in [2.05, 4.69) is 44.6 Å². The Morgan fingerprint density at radius 1 is 1.27 bits per heavy atom. The molecule has 5 heterocycles. The number of fused-ring (bicyclic) bond motifs is 1. The van der Waals surface area contributed by atoms with E-state index >= 15 is 4.39 Å². The third kappa shape index (κ3) is 4.28. The Morgan fingerprint density at radius 2 is 2.00 bits per heavy atom. The molecule has 4 aliphatic heterocycles. The van der Waals surface area contributed by atoms with Crippen LogP contribution in [0.3, 0.4) is 0 Å². The van der Waals surface area contributed by atoms with Crippen LogP contribution in [0.4, 0.5) is 9.18 Å². The third-order valence-electron chi connectivity index (χ3n) is 8.36. The van der Waals surface area contributed by atoms with Gasteiger partial charge in [0.05, 0.1) is 17.8 Å². The summed E-state index contributed by atoms with van der Waals surface area (Å²) in [6, 6.07) is 0.798. The minimum atomic E-state index is -1.68. The summed E-state index contributed by atoms with van der Waals surface area (Å²) in [7, 11) is 0. The van der Waals surface area contributed by atoms with Crippen molar-refractivity contribution in [2.24, 2.45) is 10.7 Å². The molecule has 5 rings (SSSR count). The van der Waals surface area contributed by atoms with Crippen LogP contribution in [-0.2, 0) is 22.5 Å². The summed E-state index contributed by atoms with van der Waals surface area (Å²) in [6.07, 6.45) is 3.28. The van der Waals surface area contributed by atoms with Crippen molar-refractivity contribution in [1.29, 1.82) is 0 Å².